The molecule has 19 heavy (non-hydrogen) atoms. The number of nitrogens with one attached hydrogen (secondary N) is 2. The van der Waals surface area contributed by atoms with Crippen molar-refractivity contribution in [2.24, 2.45) is 0 Å². The molecule has 1 saturated heterocycles. The number of carbonyl (C=O) groups is 2. The van der Waals surface area contributed by atoms with Crippen LogP contribution in [0.25, 0.3) is 0 Å². The summed E-state index contributed by atoms with van der Waals surface area (Å²) < 4.78 is 0. The highest BCUT2D eigenvalue weighted by Crippen LogP contribution is 2.20. The minimum Gasteiger partial charge on any atom is -0.352 e. The fourth-order valence-corrected chi connectivity index (χ4v) is 2.39. The smallest absolute Gasteiger partial charge is 0.252 e. The molecule has 2 rings (SSSR count). The Balaban J connectivity index is 1.94. The summed E-state index contributed by atoms with van der Waals surface area (Å²) >= 11 is 11.8. The van der Waals surface area contributed by atoms with Crippen molar-refractivity contribution in [1.29, 1.82) is 0 Å². The van der Waals surface area contributed by atoms with Crippen LogP contribution in [0.4, 0.5) is 0 Å². The number of hydrogen-bond donors (Lipinski definition) is 2. The van der Waals surface area contributed by atoms with E-state index >= 15 is 0 Å². The molecule has 1 aromatic rings. The molecule has 4 nitrogen and oxygen atoms in total. The van der Waals surface area contributed by atoms with Crippen molar-refractivity contribution in [3.63, 3.8) is 0 Å². The Morgan fingerprint density at radius 3 is 2.95 bits per heavy atom. The maximum absolute atomic E-state index is 12.0. The first-order chi connectivity index (χ1) is 9.06. The van der Waals surface area contributed by atoms with Crippen LogP contribution in [0.3, 0.4) is 0 Å². The summed E-state index contributed by atoms with van der Waals surface area (Å²) in [5, 5.41) is 6.41. The van der Waals surface area contributed by atoms with Crippen LogP contribution < -0.4 is 10.6 Å². The van der Waals surface area contributed by atoms with Gasteiger partial charge in [0.05, 0.1) is 10.6 Å². The summed E-state index contributed by atoms with van der Waals surface area (Å²) in [6, 6.07) is 4.73. The van der Waals surface area contributed by atoms with Crippen molar-refractivity contribution in [3.8, 4) is 0 Å². The van der Waals surface area contributed by atoms with Crippen LogP contribution in [0.15, 0.2) is 18.2 Å². The van der Waals surface area contributed by atoms with E-state index in [2.05, 4.69) is 10.6 Å². The molecule has 0 radical (unpaired) electrons. The molecule has 6 heteroatoms. The average Bonchev–Trinajstić information content (AvgIpc) is 2.39. The van der Waals surface area contributed by atoms with E-state index in [1.807, 2.05) is 0 Å². The van der Waals surface area contributed by atoms with E-state index in [9.17, 15) is 9.59 Å². The Morgan fingerprint density at radius 1 is 1.42 bits per heavy atom. The molecule has 1 aliphatic heterocycles. The van der Waals surface area contributed by atoms with Gasteiger partial charge in [0.25, 0.3) is 5.91 Å². The first kappa shape index (κ1) is 14.2. The number of rotatable bonds is 3. The lowest BCUT2D eigenvalue weighted by atomic mass is 10.0. The maximum atomic E-state index is 12.0. The van der Waals surface area contributed by atoms with E-state index in [1.54, 1.807) is 12.1 Å². The van der Waals surface area contributed by atoms with Crippen LogP contribution in [-0.4, -0.2) is 24.4 Å². The number of carbonyl (C=O) groups excluding carboxylic acids is 2. The van der Waals surface area contributed by atoms with Gasteiger partial charge in [0.2, 0.25) is 5.91 Å². The topological polar surface area (TPSA) is 58.2 Å². The van der Waals surface area contributed by atoms with Gasteiger partial charge in [-0.3, -0.25) is 9.59 Å². The average molecular weight is 301 g/mol. The number of benzene rings is 1. The van der Waals surface area contributed by atoms with E-state index in [-0.39, 0.29) is 17.9 Å². The van der Waals surface area contributed by atoms with Crippen molar-refractivity contribution in [1.82, 2.24) is 10.6 Å². The molecule has 1 aliphatic rings. The van der Waals surface area contributed by atoms with Crippen LogP contribution in [0.2, 0.25) is 10.0 Å². The summed E-state index contributed by atoms with van der Waals surface area (Å²) in [5.41, 5.74) is 0.344. The van der Waals surface area contributed by atoms with E-state index in [1.165, 1.54) is 6.07 Å². The predicted octanol–water partition coefficient (Wildman–Crippen LogP) is 2.39. The molecule has 0 bridgehead atoms. The third kappa shape index (κ3) is 3.85. The molecule has 0 aliphatic carbocycles. The van der Waals surface area contributed by atoms with Crippen molar-refractivity contribution >= 4 is 35.0 Å². The lowest BCUT2D eigenvalue weighted by molar-refractivity contribution is -0.123. The quantitative estimate of drug-likeness (QED) is 0.900. The maximum Gasteiger partial charge on any atom is 0.252 e. The first-order valence-corrected chi connectivity index (χ1v) is 6.84. The van der Waals surface area contributed by atoms with Gasteiger partial charge >= 0.3 is 0 Å². The molecule has 1 fully saturated rings. The summed E-state index contributed by atoms with van der Waals surface area (Å²) in [6.07, 6.45) is 2.28. The van der Waals surface area contributed by atoms with E-state index in [0.717, 1.165) is 12.8 Å². The molecule has 2 N–H and O–H groups in total. The Labute approximate surface area is 121 Å². The summed E-state index contributed by atoms with van der Waals surface area (Å²) in [5.74, 6) is -0.251. The monoisotopic (exact) mass is 300 g/mol. The van der Waals surface area contributed by atoms with Gasteiger partial charge in [-0.05, 0) is 31.0 Å². The van der Waals surface area contributed by atoms with Crippen molar-refractivity contribution in [2.75, 3.05) is 6.54 Å². The van der Waals surface area contributed by atoms with E-state index in [0.29, 0.717) is 28.6 Å². The molecule has 0 unspecified atom stereocenters. The second-order valence-corrected chi connectivity index (χ2v) is 5.33. The highest BCUT2D eigenvalue weighted by Gasteiger charge is 2.19. The summed E-state index contributed by atoms with van der Waals surface area (Å²) in [6.45, 7) is 0.396. The van der Waals surface area contributed by atoms with Gasteiger partial charge < -0.3 is 10.6 Å². The minimum absolute atomic E-state index is 0.0110. The molecule has 102 valence electrons. The van der Waals surface area contributed by atoms with Crippen LogP contribution >= 0.6 is 23.2 Å². The third-order valence-electron chi connectivity index (χ3n) is 3.00. The zero-order valence-corrected chi connectivity index (χ0v) is 11.7. The van der Waals surface area contributed by atoms with Gasteiger partial charge in [0.15, 0.2) is 0 Å². The molecule has 0 aromatic heterocycles. The van der Waals surface area contributed by atoms with Crippen LogP contribution in [0, 0.1) is 0 Å². The predicted molar refractivity (Wildman–Crippen MR) is 74.6 cm³/mol. The van der Waals surface area contributed by atoms with Gasteiger partial charge in [0, 0.05) is 24.0 Å². The van der Waals surface area contributed by atoms with Gasteiger partial charge in [-0.15, -0.1) is 0 Å². The van der Waals surface area contributed by atoms with E-state index in [4.69, 9.17) is 23.2 Å². The second-order valence-electron chi connectivity index (χ2n) is 4.49. The Bertz CT molecular complexity index is 505. The van der Waals surface area contributed by atoms with Crippen LogP contribution in [0.5, 0.6) is 0 Å². The molecular formula is C13H14Cl2N2O2. The van der Waals surface area contributed by atoms with Crippen molar-refractivity contribution in [2.45, 2.75) is 25.3 Å². The molecule has 2 amide bonds. The van der Waals surface area contributed by atoms with Gasteiger partial charge in [-0.1, -0.05) is 23.2 Å². The standard InChI is InChI=1S/C13H14Cl2N2O2/c14-8-4-5-11(15)10(6-8)13(19)16-7-9-2-1-3-12(18)17-9/h4-6,9H,1-3,7H2,(H,16,19)(H,17,18)/t9-/m1/s1. The summed E-state index contributed by atoms with van der Waals surface area (Å²) in [7, 11) is 0. The lowest BCUT2D eigenvalue weighted by Gasteiger charge is -2.23. The Kier molecular flexibility index (Phi) is 4.66. The normalized spacial score (nSPS) is 18.8. The summed E-state index contributed by atoms with van der Waals surface area (Å²) in [4.78, 5) is 23.2. The zero-order chi connectivity index (χ0) is 13.8. The lowest BCUT2D eigenvalue weighted by Crippen LogP contribution is -2.46. The second kappa shape index (κ2) is 6.26. The molecule has 0 spiro atoms. The van der Waals surface area contributed by atoms with Gasteiger partial charge in [-0.2, -0.15) is 0 Å². The van der Waals surface area contributed by atoms with Crippen molar-refractivity contribution in [3.05, 3.63) is 33.8 Å². The number of amides is 2. The fourth-order valence-electron chi connectivity index (χ4n) is 2.02. The van der Waals surface area contributed by atoms with Gasteiger partial charge in [0.1, 0.15) is 0 Å². The van der Waals surface area contributed by atoms with Crippen molar-refractivity contribution < 1.29 is 9.59 Å². The zero-order valence-electron chi connectivity index (χ0n) is 10.2. The first-order valence-electron chi connectivity index (χ1n) is 6.09. The van der Waals surface area contributed by atoms with Gasteiger partial charge in [-0.25, -0.2) is 0 Å². The largest absolute Gasteiger partial charge is 0.352 e. The molecular weight excluding hydrogens is 287 g/mol. The Hall–Kier alpha value is -1.26. The highest BCUT2D eigenvalue weighted by molar-refractivity contribution is 6.35. The fraction of sp³-hybridized carbons (Fsp3) is 0.385. The molecule has 1 atom stereocenters. The Morgan fingerprint density at radius 2 is 2.21 bits per heavy atom. The third-order valence-corrected chi connectivity index (χ3v) is 3.57. The highest BCUT2D eigenvalue weighted by atomic mass is 35.5. The molecule has 0 saturated carbocycles. The molecule has 1 aromatic carbocycles. The number of piperidine rings is 1. The SMILES string of the molecule is O=C1CCC[C@H](CNC(=O)c2cc(Cl)ccc2Cl)N1. The molecule has 1 heterocycles. The van der Waals surface area contributed by atoms with Crippen LogP contribution in [0.1, 0.15) is 29.6 Å². The number of hydrogen-bond acceptors (Lipinski definition) is 2. The minimum atomic E-state index is -0.285. The van der Waals surface area contributed by atoms with Crippen LogP contribution in [-0.2, 0) is 4.79 Å². The van der Waals surface area contributed by atoms with E-state index < -0.39 is 0 Å². The number of halogens is 2.